The molecule has 0 aromatic heterocycles. The Balaban J connectivity index is 1.20. The summed E-state index contributed by atoms with van der Waals surface area (Å²) in [7, 11) is 0. The van der Waals surface area contributed by atoms with E-state index in [1.807, 2.05) is 36.4 Å². The van der Waals surface area contributed by atoms with Gasteiger partial charge in [-0.25, -0.2) is 4.79 Å². The van der Waals surface area contributed by atoms with Crippen molar-refractivity contribution in [3.05, 3.63) is 59.7 Å². The molecule has 1 fully saturated rings. The van der Waals surface area contributed by atoms with Crippen molar-refractivity contribution in [1.82, 2.24) is 10.6 Å². The molecule has 2 amide bonds. The molecule has 2 aliphatic rings. The van der Waals surface area contributed by atoms with Crippen molar-refractivity contribution in [2.45, 2.75) is 37.7 Å². The van der Waals surface area contributed by atoms with E-state index in [0.717, 1.165) is 41.5 Å². The van der Waals surface area contributed by atoms with E-state index in [4.69, 9.17) is 4.74 Å². The van der Waals surface area contributed by atoms with Crippen LogP contribution in [0.4, 0.5) is 4.79 Å². The molecule has 2 unspecified atom stereocenters. The van der Waals surface area contributed by atoms with Crippen LogP contribution in [0.3, 0.4) is 0 Å². The fourth-order valence-corrected chi connectivity index (χ4v) is 4.73. The van der Waals surface area contributed by atoms with Crippen molar-refractivity contribution in [3.63, 3.8) is 0 Å². The Kier molecular flexibility index (Phi) is 7.47. The molecule has 4 rings (SSSR count). The maximum atomic E-state index is 12.2. The minimum absolute atomic E-state index is 0.0470. The number of amides is 2. The minimum atomic E-state index is -1.10. The van der Waals surface area contributed by atoms with Crippen molar-refractivity contribution in [1.29, 1.82) is 0 Å². The molecule has 0 saturated heterocycles. The van der Waals surface area contributed by atoms with Gasteiger partial charge in [0.15, 0.2) is 0 Å². The van der Waals surface area contributed by atoms with Gasteiger partial charge in [0.2, 0.25) is 5.91 Å². The molecule has 0 aliphatic heterocycles. The van der Waals surface area contributed by atoms with Gasteiger partial charge in [-0.3, -0.25) is 9.59 Å². The normalized spacial score (nSPS) is 16.5. The number of aliphatic carboxylic acids is 1. The van der Waals surface area contributed by atoms with Crippen LogP contribution in [-0.2, 0) is 14.3 Å². The lowest BCUT2D eigenvalue weighted by atomic mass is 9.76. The van der Waals surface area contributed by atoms with Gasteiger partial charge >= 0.3 is 12.1 Å². The number of carboxylic acids is 1. The van der Waals surface area contributed by atoms with E-state index in [9.17, 15) is 24.6 Å². The summed E-state index contributed by atoms with van der Waals surface area (Å²) in [4.78, 5) is 35.7. The molecule has 0 radical (unpaired) electrons. The largest absolute Gasteiger partial charge is 0.481 e. The van der Waals surface area contributed by atoms with Gasteiger partial charge in [-0.05, 0) is 41.0 Å². The molecule has 8 nitrogen and oxygen atoms in total. The van der Waals surface area contributed by atoms with E-state index in [0.29, 0.717) is 0 Å². The number of nitrogens with one attached hydrogen (secondary N) is 2. The Morgan fingerprint density at radius 3 is 2.12 bits per heavy atom. The lowest BCUT2D eigenvalue weighted by molar-refractivity contribution is -0.144. The van der Waals surface area contributed by atoms with Crippen LogP contribution in [0.25, 0.3) is 11.1 Å². The van der Waals surface area contributed by atoms with Gasteiger partial charge in [-0.2, -0.15) is 0 Å². The molecule has 0 spiro atoms. The third-order valence-electron chi connectivity index (χ3n) is 6.80. The molecule has 0 bridgehead atoms. The number of benzene rings is 2. The first kappa shape index (κ1) is 23.8. The summed E-state index contributed by atoms with van der Waals surface area (Å²) in [5.41, 5.74) is 4.48. The maximum Gasteiger partial charge on any atom is 0.407 e. The molecule has 2 aromatic carbocycles. The van der Waals surface area contributed by atoms with Crippen LogP contribution in [-0.4, -0.2) is 54.0 Å². The Morgan fingerprint density at radius 2 is 1.56 bits per heavy atom. The van der Waals surface area contributed by atoms with Crippen LogP contribution in [0.1, 0.15) is 42.7 Å². The minimum Gasteiger partial charge on any atom is -0.481 e. The van der Waals surface area contributed by atoms with Gasteiger partial charge in [-0.1, -0.05) is 55.0 Å². The van der Waals surface area contributed by atoms with Gasteiger partial charge in [0.05, 0.1) is 18.4 Å². The van der Waals surface area contributed by atoms with E-state index in [2.05, 4.69) is 22.8 Å². The Hall–Kier alpha value is -3.39. The first-order chi connectivity index (χ1) is 16.4. The Labute approximate surface area is 198 Å². The summed E-state index contributed by atoms with van der Waals surface area (Å²) >= 11 is 0. The zero-order valence-corrected chi connectivity index (χ0v) is 18.9. The average Bonchev–Trinajstić information content (AvgIpc) is 3.11. The van der Waals surface area contributed by atoms with Crippen LogP contribution < -0.4 is 10.6 Å². The SMILES string of the molecule is O=C(CC(O)CNC(=O)OCC1c2ccccc2-c2ccccc21)NCC(C(=O)O)C1CCC1. The highest BCUT2D eigenvalue weighted by Crippen LogP contribution is 2.44. The smallest absolute Gasteiger partial charge is 0.407 e. The highest BCUT2D eigenvalue weighted by molar-refractivity contribution is 5.79. The number of carboxylic acid groups (broad SMARTS) is 1. The van der Waals surface area contributed by atoms with Crippen LogP contribution >= 0.6 is 0 Å². The molecular weight excluding hydrogens is 436 g/mol. The molecule has 180 valence electrons. The molecule has 1 saturated carbocycles. The van der Waals surface area contributed by atoms with Gasteiger partial charge in [0, 0.05) is 19.0 Å². The number of ether oxygens (including phenoxy) is 1. The molecule has 2 atom stereocenters. The molecule has 2 aromatic rings. The van der Waals surface area contributed by atoms with Crippen LogP contribution in [0.2, 0.25) is 0 Å². The zero-order chi connectivity index (χ0) is 24.1. The third kappa shape index (κ3) is 5.39. The predicted molar refractivity (Wildman–Crippen MR) is 125 cm³/mol. The molecule has 2 aliphatic carbocycles. The maximum absolute atomic E-state index is 12.2. The summed E-state index contributed by atoms with van der Waals surface area (Å²) in [5, 5.41) is 24.5. The van der Waals surface area contributed by atoms with E-state index in [1.165, 1.54) is 0 Å². The van der Waals surface area contributed by atoms with Gasteiger partial charge in [-0.15, -0.1) is 0 Å². The molecule has 4 N–H and O–H groups in total. The van der Waals surface area contributed by atoms with E-state index < -0.39 is 30.0 Å². The van der Waals surface area contributed by atoms with E-state index in [-0.39, 0.29) is 38.0 Å². The summed E-state index contributed by atoms with van der Waals surface area (Å²) < 4.78 is 5.42. The first-order valence-corrected chi connectivity index (χ1v) is 11.7. The van der Waals surface area contributed by atoms with E-state index >= 15 is 0 Å². The van der Waals surface area contributed by atoms with Crippen molar-refractivity contribution in [2.75, 3.05) is 19.7 Å². The Morgan fingerprint density at radius 1 is 0.941 bits per heavy atom. The van der Waals surface area contributed by atoms with Crippen molar-refractivity contribution >= 4 is 18.0 Å². The number of rotatable bonds is 10. The quantitative estimate of drug-likeness (QED) is 0.427. The highest BCUT2D eigenvalue weighted by Gasteiger charge is 2.33. The second-order valence-corrected chi connectivity index (χ2v) is 9.00. The summed E-state index contributed by atoms with van der Waals surface area (Å²) in [5.74, 6) is -1.94. The Bertz CT molecular complexity index is 1010. The monoisotopic (exact) mass is 466 g/mol. The lowest BCUT2D eigenvalue weighted by Crippen LogP contribution is -2.41. The topological polar surface area (TPSA) is 125 Å². The summed E-state index contributed by atoms with van der Waals surface area (Å²) in [6, 6.07) is 16.1. The predicted octanol–water partition coefficient (Wildman–Crippen LogP) is 2.89. The molecule has 8 heteroatoms. The van der Waals surface area contributed by atoms with Gasteiger partial charge in [0.1, 0.15) is 6.61 Å². The van der Waals surface area contributed by atoms with Gasteiger partial charge in [0.25, 0.3) is 0 Å². The number of fused-ring (bicyclic) bond motifs is 3. The molecule has 34 heavy (non-hydrogen) atoms. The number of alkyl carbamates (subject to hydrolysis) is 1. The third-order valence-corrected chi connectivity index (χ3v) is 6.80. The standard InChI is InChI=1S/C26H30N2O6/c29-17(12-24(30)27-14-22(25(31)32)16-6-5-7-16)13-28-26(33)34-15-23-20-10-3-1-8-18(20)19-9-2-4-11-21(19)23/h1-4,8-11,16-17,22-23,29H,5-7,12-15H2,(H,27,30)(H,28,33)(H,31,32). The number of aliphatic hydroxyl groups is 1. The van der Waals surface area contributed by atoms with Gasteiger partial charge < -0.3 is 25.6 Å². The van der Waals surface area contributed by atoms with E-state index in [1.54, 1.807) is 0 Å². The summed E-state index contributed by atoms with van der Waals surface area (Å²) in [6.07, 6.45) is 0.729. The van der Waals surface area contributed by atoms with Crippen LogP contribution in [0.15, 0.2) is 48.5 Å². The number of aliphatic hydroxyl groups excluding tert-OH is 1. The average molecular weight is 467 g/mol. The number of hydrogen-bond acceptors (Lipinski definition) is 5. The fourth-order valence-electron chi connectivity index (χ4n) is 4.73. The highest BCUT2D eigenvalue weighted by atomic mass is 16.5. The zero-order valence-electron chi connectivity index (χ0n) is 18.9. The summed E-state index contributed by atoms with van der Waals surface area (Å²) in [6.45, 7) is 0.0641. The lowest BCUT2D eigenvalue weighted by Gasteiger charge is -2.31. The molecular formula is C26H30N2O6. The number of hydrogen-bond donors (Lipinski definition) is 4. The van der Waals surface area contributed by atoms with Crippen molar-refractivity contribution < 1.29 is 29.3 Å². The van der Waals surface area contributed by atoms with Crippen molar-refractivity contribution in [3.8, 4) is 11.1 Å². The first-order valence-electron chi connectivity index (χ1n) is 11.7. The fraction of sp³-hybridized carbons (Fsp3) is 0.423. The number of carbonyl (C=O) groups excluding carboxylic acids is 2. The molecule has 0 heterocycles. The van der Waals surface area contributed by atoms with Crippen LogP contribution in [0.5, 0.6) is 0 Å². The second-order valence-electron chi connectivity index (χ2n) is 9.00. The van der Waals surface area contributed by atoms with Crippen LogP contribution in [0, 0.1) is 11.8 Å². The van der Waals surface area contributed by atoms with Crippen molar-refractivity contribution in [2.24, 2.45) is 11.8 Å². The second kappa shape index (κ2) is 10.7. The number of carbonyl (C=O) groups is 3.